The van der Waals surface area contributed by atoms with E-state index >= 15 is 0 Å². The SMILES string of the molecule is CNC1(C)CC(C)(c2nnc(COc3ccc(OC(C)C)nc3)o2)C1. The van der Waals surface area contributed by atoms with Crippen molar-refractivity contribution in [3.8, 4) is 11.6 Å². The van der Waals surface area contributed by atoms with Crippen molar-refractivity contribution in [2.45, 2.75) is 64.2 Å². The molecule has 0 unspecified atom stereocenters. The van der Waals surface area contributed by atoms with Crippen molar-refractivity contribution >= 4 is 0 Å². The van der Waals surface area contributed by atoms with Crippen molar-refractivity contribution in [3.63, 3.8) is 0 Å². The number of rotatable bonds is 7. The Kier molecular flexibility index (Phi) is 4.69. The zero-order chi connectivity index (χ0) is 18.1. The normalized spacial score (nSPS) is 25.7. The highest BCUT2D eigenvalue weighted by Crippen LogP contribution is 2.49. The summed E-state index contributed by atoms with van der Waals surface area (Å²) in [6.45, 7) is 8.50. The van der Waals surface area contributed by atoms with Crippen LogP contribution >= 0.6 is 0 Å². The van der Waals surface area contributed by atoms with E-state index in [0.29, 0.717) is 23.4 Å². The topological polar surface area (TPSA) is 82.3 Å². The summed E-state index contributed by atoms with van der Waals surface area (Å²) in [6.07, 6.45) is 3.66. The molecule has 0 bridgehead atoms. The predicted octanol–water partition coefficient (Wildman–Crippen LogP) is 2.86. The van der Waals surface area contributed by atoms with Gasteiger partial charge in [-0.05, 0) is 46.7 Å². The number of hydrogen-bond donors (Lipinski definition) is 1. The van der Waals surface area contributed by atoms with Gasteiger partial charge >= 0.3 is 0 Å². The highest BCUT2D eigenvalue weighted by Gasteiger charge is 2.52. The summed E-state index contributed by atoms with van der Waals surface area (Å²) in [5.74, 6) is 2.36. The molecule has 0 amide bonds. The van der Waals surface area contributed by atoms with E-state index in [1.165, 1.54) is 0 Å². The molecule has 0 atom stereocenters. The third kappa shape index (κ3) is 3.92. The summed E-state index contributed by atoms with van der Waals surface area (Å²) in [7, 11) is 1.98. The van der Waals surface area contributed by atoms with E-state index in [4.69, 9.17) is 13.9 Å². The van der Waals surface area contributed by atoms with Crippen molar-refractivity contribution in [2.24, 2.45) is 0 Å². The summed E-state index contributed by atoms with van der Waals surface area (Å²) in [5, 5.41) is 11.7. The van der Waals surface area contributed by atoms with Gasteiger partial charge < -0.3 is 19.2 Å². The van der Waals surface area contributed by atoms with Crippen LogP contribution in [0.25, 0.3) is 0 Å². The Morgan fingerprint density at radius 3 is 2.60 bits per heavy atom. The van der Waals surface area contributed by atoms with Gasteiger partial charge in [-0.3, -0.25) is 0 Å². The van der Waals surface area contributed by atoms with Crippen molar-refractivity contribution in [3.05, 3.63) is 30.1 Å². The van der Waals surface area contributed by atoms with Gasteiger partial charge in [0, 0.05) is 17.0 Å². The lowest BCUT2D eigenvalue weighted by atomic mass is 9.59. The Labute approximate surface area is 148 Å². The van der Waals surface area contributed by atoms with Crippen LogP contribution in [0, 0.1) is 0 Å². The molecule has 0 saturated heterocycles. The summed E-state index contributed by atoms with van der Waals surface area (Å²) in [6, 6.07) is 3.59. The van der Waals surface area contributed by atoms with Gasteiger partial charge in [0.25, 0.3) is 5.89 Å². The molecule has 1 N–H and O–H groups in total. The molecule has 7 nitrogen and oxygen atoms in total. The third-order valence-corrected chi connectivity index (χ3v) is 4.58. The maximum absolute atomic E-state index is 5.81. The van der Waals surface area contributed by atoms with Gasteiger partial charge in [0.05, 0.1) is 12.3 Å². The van der Waals surface area contributed by atoms with Gasteiger partial charge in [0.1, 0.15) is 5.75 Å². The second kappa shape index (κ2) is 6.63. The van der Waals surface area contributed by atoms with E-state index in [1.807, 2.05) is 27.0 Å². The summed E-state index contributed by atoms with van der Waals surface area (Å²) >= 11 is 0. The molecular weight excluding hydrogens is 320 g/mol. The second-order valence-electron chi connectivity index (χ2n) is 7.51. The van der Waals surface area contributed by atoms with E-state index in [9.17, 15) is 0 Å². The zero-order valence-electron chi connectivity index (χ0n) is 15.5. The molecule has 1 aliphatic rings. The van der Waals surface area contributed by atoms with E-state index in [-0.39, 0.29) is 23.7 Å². The maximum atomic E-state index is 5.81. The molecule has 2 heterocycles. The molecule has 25 heavy (non-hydrogen) atoms. The largest absolute Gasteiger partial charge is 0.482 e. The monoisotopic (exact) mass is 346 g/mol. The van der Waals surface area contributed by atoms with Crippen LogP contribution in [0.3, 0.4) is 0 Å². The maximum Gasteiger partial charge on any atom is 0.253 e. The van der Waals surface area contributed by atoms with Crippen LogP contribution in [0.2, 0.25) is 0 Å². The minimum absolute atomic E-state index is 0.0690. The fourth-order valence-electron chi connectivity index (χ4n) is 3.46. The number of nitrogens with zero attached hydrogens (tertiary/aromatic N) is 3. The van der Waals surface area contributed by atoms with Crippen molar-refractivity contribution in [1.82, 2.24) is 20.5 Å². The number of pyridine rings is 1. The molecule has 0 aromatic carbocycles. The van der Waals surface area contributed by atoms with Gasteiger partial charge in [0.2, 0.25) is 11.8 Å². The lowest BCUT2D eigenvalue weighted by Gasteiger charge is -2.50. The zero-order valence-corrected chi connectivity index (χ0v) is 15.5. The lowest BCUT2D eigenvalue weighted by molar-refractivity contribution is 0.0786. The quantitative estimate of drug-likeness (QED) is 0.825. The Morgan fingerprint density at radius 1 is 1.24 bits per heavy atom. The smallest absolute Gasteiger partial charge is 0.253 e. The van der Waals surface area contributed by atoms with Crippen molar-refractivity contribution < 1.29 is 13.9 Å². The predicted molar refractivity (Wildman–Crippen MR) is 92.7 cm³/mol. The molecule has 0 radical (unpaired) electrons. The first-order chi connectivity index (χ1) is 11.8. The molecule has 2 aromatic heterocycles. The van der Waals surface area contributed by atoms with Gasteiger partial charge in [-0.1, -0.05) is 6.92 Å². The molecule has 1 saturated carbocycles. The highest BCUT2D eigenvalue weighted by atomic mass is 16.5. The van der Waals surface area contributed by atoms with Gasteiger partial charge in [-0.2, -0.15) is 0 Å². The third-order valence-electron chi connectivity index (χ3n) is 4.58. The molecule has 7 heteroatoms. The van der Waals surface area contributed by atoms with Crippen LogP contribution in [-0.2, 0) is 12.0 Å². The Balaban J connectivity index is 1.56. The first kappa shape index (κ1) is 17.7. The van der Waals surface area contributed by atoms with Crippen LogP contribution in [-0.4, -0.2) is 33.9 Å². The standard InChI is InChI=1S/C18H26N4O3/c1-12(2)24-14-7-6-13(8-20-14)23-9-15-21-22-16(25-15)17(3)10-18(4,11-17)19-5/h6-8,12,19H,9-11H2,1-5H3. The average molecular weight is 346 g/mol. The van der Waals surface area contributed by atoms with Crippen molar-refractivity contribution in [1.29, 1.82) is 0 Å². The van der Waals surface area contributed by atoms with Crippen LogP contribution < -0.4 is 14.8 Å². The molecule has 3 rings (SSSR count). The fourth-order valence-corrected chi connectivity index (χ4v) is 3.46. The van der Waals surface area contributed by atoms with E-state index in [2.05, 4.69) is 34.3 Å². The van der Waals surface area contributed by atoms with Gasteiger partial charge in [0.15, 0.2) is 6.61 Å². The Hall–Kier alpha value is -2.15. The van der Waals surface area contributed by atoms with Gasteiger partial charge in [-0.25, -0.2) is 4.98 Å². The van der Waals surface area contributed by atoms with Crippen LogP contribution in [0.4, 0.5) is 0 Å². The molecule has 1 aliphatic carbocycles. The number of ether oxygens (including phenoxy) is 2. The van der Waals surface area contributed by atoms with Crippen LogP contribution in [0.15, 0.2) is 22.7 Å². The van der Waals surface area contributed by atoms with Crippen molar-refractivity contribution in [2.75, 3.05) is 7.05 Å². The number of aromatic nitrogens is 3. The Morgan fingerprint density at radius 2 is 2.00 bits per heavy atom. The molecular formula is C18H26N4O3. The van der Waals surface area contributed by atoms with Crippen LogP contribution in [0.5, 0.6) is 11.6 Å². The minimum Gasteiger partial charge on any atom is -0.482 e. The first-order valence-corrected chi connectivity index (χ1v) is 8.59. The second-order valence-corrected chi connectivity index (χ2v) is 7.51. The van der Waals surface area contributed by atoms with E-state index < -0.39 is 0 Å². The number of hydrogen-bond acceptors (Lipinski definition) is 7. The van der Waals surface area contributed by atoms with E-state index in [0.717, 1.165) is 12.8 Å². The molecule has 0 spiro atoms. The summed E-state index contributed by atoms with van der Waals surface area (Å²) in [4.78, 5) is 4.20. The van der Waals surface area contributed by atoms with E-state index in [1.54, 1.807) is 12.3 Å². The minimum atomic E-state index is -0.0690. The molecule has 1 fully saturated rings. The fraction of sp³-hybridized carbons (Fsp3) is 0.611. The van der Waals surface area contributed by atoms with Gasteiger partial charge in [-0.15, -0.1) is 10.2 Å². The molecule has 136 valence electrons. The summed E-state index contributed by atoms with van der Waals surface area (Å²) in [5.41, 5.74) is 0.0752. The summed E-state index contributed by atoms with van der Waals surface area (Å²) < 4.78 is 17.0. The average Bonchev–Trinajstić information content (AvgIpc) is 3.02. The Bertz CT molecular complexity index is 705. The lowest BCUT2D eigenvalue weighted by Crippen LogP contribution is -2.58. The molecule has 2 aromatic rings. The highest BCUT2D eigenvalue weighted by molar-refractivity contribution is 5.23. The molecule has 0 aliphatic heterocycles. The number of nitrogens with one attached hydrogen (secondary N) is 1. The van der Waals surface area contributed by atoms with Crippen LogP contribution in [0.1, 0.15) is 52.3 Å². The first-order valence-electron chi connectivity index (χ1n) is 8.59.